The largest absolute Gasteiger partial charge is 0.481 e. The summed E-state index contributed by atoms with van der Waals surface area (Å²) < 4.78 is 4.22. The van der Waals surface area contributed by atoms with E-state index in [9.17, 15) is 4.79 Å². The smallest absolute Gasteiger partial charge is 0.303 e. The van der Waals surface area contributed by atoms with Gasteiger partial charge in [0, 0.05) is 30.4 Å². The lowest BCUT2D eigenvalue weighted by Crippen LogP contribution is -2.03. The zero-order chi connectivity index (χ0) is 12.0. The molecule has 16 heavy (non-hydrogen) atoms. The standard InChI is InChI=1S/C10H17N3O2S/c1-7(2)9-12-10(16-13-9)11-6-4-3-5-8(14)15/h7H,3-6H2,1-2H3,(H,14,15)(H,11,12,13). The molecule has 0 aromatic carbocycles. The molecule has 0 unspecified atom stereocenters. The zero-order valence-corrected chi connectivity index (χ0v) is 10.4. The highest BCUT2D eigenvalue weighted by Crippen LogP contribution is 2.17. The van der Waals surface area contributed by atoms with E-state index in [0.29, 0.717) is 12.3 Å². The summed E-state index contributed by atoms with van der Waals surface area (Å²) in [5, 5.41) is 12.4. The van der Waals surface area contributed by atoms with Gasteiger partial charge in [-0.3, -0.25) is 4.79 Å². The molecule has 0 bridgehead atoms. The molecule has 0 amide bonds. The number of aliphatic carboxylic acids is 1. The molecule has 0 fully saturated rings. The first-order valence-electron chi connectivity index (χ1n) is 5.39. The van der Waals surface area contributed by atoms with Gasteiger partial charge in [0.05, 0.1) is 0 Å². The van der Waals surface area contributed by atoms with Crippen LogP contribution in [0.5, 0.6) is 0 Å². The van der Waals surface area contributed by atoms with Gasteiger partial charge in [-0.25, -0.2) is 4.98 Å². The van der Waals surface area contributed by atoms with Gasteiger partial charge in [-0.05, 0) is 12.8 Å². The predicted molar refractivity (Wildman–Crippen MR) is 64.0 cm³/mol. The Hall–Kier alpha value is -1.17. The lowest BCUT2D eigenvalue weighted by atomic mass is 10.2. The Morgan fingerprint density at radius 3 is 2.81 bits per heavy atom. The summed E-state index contributed by atoms with van der Waals surface area (Å²) >= 11 is 1.35. The third-order valence-corrected chi connectivity index (χ3v) is 2.74. The van der Waals surface area contributed by atoms with Gasteiger partial charge >= 0.3 is 5.97 Å². The second-order valence-electron chi connectivity index (χ2n) is 3.89. The monoisotopic (exact) mass is 243 g/mol. The van der Waals surface area contributed by atoms with Crippen molar-refractivity contribution in [2.45, 2.75) is 39.0 Å². The van der Waals surface area contributed by atoms with Gasteiger partial charge in [-0.2, -0.15) is 4.37 Å². The van der Waals surface area contributed by atoms with Crippen molar-refractivity contribution in [3.05, 3.63) is 5.82 Å². The maximum Gasteiger partial charge on any atom is 0.303 e. The van der Waals surface area contributed by atoms with Crippen LogP contribution >= 0.6 is 11.5 Å². The number of hydrogen-bond donors (Lipinski definition) is 2. The van der Waals surface area contributed by atoms with E-state index in [1.807, 2.05) is 0 Å². The molecule has 0 saturated carbocycles. The molecule has 0 spiro atoms. The third-order valence-electron chi connectivity index (χ3n) is 2.05. The molecule has 1 heterocycles. The van der Waals surface area contributed by atoms with E-state index in [0.717, 1.165) is 23.9 Å². The van der Waals surface area contributed by atoms with Crippen molar-refractivity contribution in [3.63, 3.8) is 0 Å². The average molecular weight is 243 g/mol. The predicted octanol–water partition coefficient (Wildman–Crippen LogP) is 2.33. The number of carbonyl (C=O) groups is 1. The molecule has 1 aromatic heterocycles. The Balaban J connectivity index is 2.19. The van der Waals surface area contributed by atoms with E-state index in [4.69, 9.17) is 5.11 Å². The summed E-state index contributed by atoms with van der Waals surface area (Å²) in [6.45, 7) is 4.86. The van der Waals surface area contributed by atoms with Crippen molar-refractivity contribution >= 4 is 22.6 Å². The number of nitrogens with zero attached hydrogens (tertiary/aromatic N) is 2. The molecular formula is C10H17N3O2S. The van der Waals surface area contributed by atoms with Crippen LogP contribution in [-0.4, -0.2) is 27.0 Å². The molecule has 90 valence electrons. The number of rotatable bonds is 7. The van der Waals surface area contributed by atoms with Gasteiger partial charge in [0.2, 0.25) is 5.13 Å². The summed E-state index contributed by atoms with van der Waals surface area (Å²) in [7, 11) is 0. The summed E-state index contributed by atoms with van der Waals surface area (Å²) in [5.41, 5.74) is 0. The van der Waals surface area contributed by atoms with Gasteiger partial charge < -0.3 is 10.4 Å². The van der Waals surface area contributed by atoms with Crippen LogP contribution in [-0.2, 0) is 4.79 Å². The Labute approximate surface area is 99.1 Å². The Morgan fingerprint density at radius 1 is 1.50 bits per heavy atom. The van der Waals surface area contributed by atoms with Gasteiger partial charge in [0.25, 0.3) is 0 Å². The summed E-state index contributed by atoms with van der Waals surface area (Å²) in [6, 6.07) is 0. The second kappa shape index (κ2) is 6.42. The second-order valence-corrected chi connectivity index (χ2v) is 4.64. The lowest BCUT2D eigenvalue weighted by Gasteiger charge is -2.00. The zero-order valence-electron chi connectivity index (χ0n) is 9.56. The maximum atomic E-state index is 10.3. The Bertz CT molecular complexity index is 339. The van der Waals surface area contributed by atoms with Gasteiger partial charge in [-0.1, -0.05) is 13.8 Å². The van der Waals surface area contributed by atoms with Crippen molar-refractivity contribution in [3.8, 4) is 0 Å². The van der Waals surface area contributed by atoms with Crippen LogP contribution in [0.15, 0.2) is 0 Å². The normalized spacial score (nSPS) is 10.7. The van der Waals surface area contributed by atoms with Crippen molar-refractivity contribution in [2.24, 2.45) is 0 Å². The van der Waals surface area contributed by atoms with Crippen LogP contribution in [0, 0.1) is 0 Å². The summed E-state index contributed by atoms with van der Waals surface area (Å²) in [4.78, 5) is 14.6. The molecule has 6 heteroatoms. The van der Waals surface area contributed by atoms with E-state index >= 15 is 0 Å². The average Bonchev–Trinajstić information content (AvgIpc) is 2.65. The highest BCUT2D eigenvalue weighted by atomic mass is 32.1. The first-order valence-corrected chi connectivity index (χ1v) is 6.16. The van der Waals surface area contributed by atoms with Crippen LogP contribution in [0.2, 0.25) is 0 Å². The first-order chi connectivity index (χ1) is 7.59. The van der Waals surface area contributed by atoms with Gasteiger partial charge in [0.15, 0.2) is 0 Å². The molecule has 1 aromatic rings. The van der Waals surface area contributed by atoms with Crippen LogP contribution < -0.4 is 5.32 Å². The fourth-order valence-electron chi connectivity index (χ4n) is 1.14. The van der Waals surface area contributed by atoms with Crippen molar-refractivity contribution in [2.75, 3.05) is 11.9 Å². The first kappa shape index (κ1) is 12.9. The molecule has 0 saturated heterocycles. The lowest BCUT2D eigenvalue weighted by molar-refractivity contribution is -0.137. The molecule has 0 radical (unpaired) electrons. The SMILES string of the molecule is CC(C)c1nsc(NCCCCC(=O)O)n1. The van der Waals surface area contributed by atoms with Crippen molar-refractivity contribution in [1.82, 2.24) is 9.36 Å². The molecule has 0 atom stereocenters. The fourth-order valence-corrected chi connectivity index (χ4v) is 1.87. The minimum Gasteiger partial charge on any atom is -0.481 e. The minimum absolute atomic E-state index is 0.231. The van der Waals surface area contributed by atoms with E-state index < -0.39 is 5.97 Å². The van der Waals surface area contributed by atoms with Crippen LogP contribution in [0.3, 0.4) is 0 Å². The Morgan fingerprint density at radius 2 is 2.25 bits per heavy atom. The highest BCUT2D eigenvalue weighted by molar-refractivity contribution is 7.09. The van der Waals surface area contributed by atoms with E-state index in [2.05, 4.69) is 28.5 Å². The van der Waals surface area contributed by atoms with E-state index in [-0.39, 0.29) is 6.42 Å². The molecule has 2 N–H and O–H groups in total. The summed E-state index contributed by atoms with van der Waals surface area (Å²) in [5.74, 6) is 0.467. The molecular weight excluding hydrogens is 226 g/mol. The number of carboxylic acids is 1. The molecule has 0 aliphatic heterocycles. The molecule has 5 nitrogen and oxygen atoms in total. The van der Waals surface area contributed by atoms with Gasteiger partial charge in [-0.15, -0.1) is 0 Å². The van der Waals surface area contributed by atoms with Crippen LogP contribution in [0.4, 0.5) is 5.13 Å². The number of aromatic nitrogens is 2. The number of carboxylic acid groups (broad SMARTS) is 1. The molecule has 1 rings (SSSR count). The van der Waals surface area contributed by atoms with Crippen LogP contribution in [0.1, 0.15) is 44.9 Å². The number of hydrogen-bond acceptors (Lipinski definition) is 5. The quantitative estimate of drug-likeness (QED) is 0.719. The third kappa shape index (κ3) is 4.57. The van der Waals surface area contributed by atoms with E-state index in [1.165, 1.54) is 11.5 Å². The van der Waals surface area contributed by atoms with Crippen molar-refractivity contribution in [1.29, 1.82) is 0 Å². The minimum atomic E-state index is -0.738. The van der Waals surface area contributed by atoms with Crippen molar-refractivity contribution < 1.29 is 9.90 Å². The van der Waals surface area contributed by atoms with Crippen LogP contribution in [0.25, 0.3) is 0 Å². The maximum absolute atomic E-state index is 10.3. The molecule has 0 aliphatic carbocycles. The fraction of sp³-hybridized carbons (Fsp3) is 0.700. The topological polar surface area (TPSA) is 75.1 Å². The number of unbranched alkanes of at least 4 members (excludes halogenated alkanes) is 1. The Kier molecular flexibility index (Phi) is 5.18. The van der Waals surface area contributed by atoms with E-state index in [1.54, 1.807) is 0 Å². The summed E-state index contributed by atoms with van der Waals surface area (Å²) in [6.07, 6.45) is 1.76. The van der Waals surface area contributed by atoms with Gasteiger partial charge in [0.1, 0.15) is 5.82 Å². The highest BCUT2D eigenvalue weighted by Gasteiger charge is 2.06. The number of nitrogens with one attached hydrogen (secondary N) is 1. The number of anilines is 1. The molecule has 0 aliphatic rings.